The maximum Gasteiger partial charge on any atom is 0.137 e. The van der Waals surface area contributed by atoms with Gasteiger partial charge in [-0.2, -0.15) is 5.10 Å². The van der Waals surface area contributed by atoms with Gasteiger partial charge in [0.15, 0.2) is 0 Å². The molecule has 2 aromatic rings. The summed E-state index contributed by atoms with van der Waals surface area (Å²) in [5.74, 6) is 0.871. The standard InChI is InChI=1S/C19H26N4O3/c1-25-18-3-2-15(8-16(18)11-23-14-20-13-21-23)10-22-6-4-19(5-7-22)9-17(24)12-26-19/h2-3,8,13-14,17,24H,4-7,9-12H2,1H3/t17-/m0/s1. The molecule has 140 valence electrons. The van der Waals surface area contributed by atoms with Crippen LogP contribution in [0.15, 0.2) is 30.9 Å². The van der Waals surface area contributed by atoms with Gasteiger partial charge in [0.25, 0.3) is 0 Å². The van der Waals surface area contributed by atoms with Crippen molar-refractivity contribution in [3.05, 3.63) is 42.0 Å². The van der Waals surface area contributed by atoms with Gasteiger partial charge in [-0.05, 0) is 30.5 Å². The highest BCUT2D eigenvalue weighted by Crippen LogP contribution is 2.36. The number of rotatable bonds is 5. The van der Waals surface area contributed by atoms with Crippen LogP contribution in [0.5, 0.6) is 5.75 Å². The zero-order valence-electron chi connectivity index (χ0n) is 15.2. The Bertz CT molecular complexity index is 726. The normalized spacial score (nSPS) is 22.8. The molecule has 0 amide bonds. The summed E-state index contributed by atoms with van der Waals surface area (Å²) in [6, 6.07) is 6.36. The Kier molecular flexibility index (Phi) is 4.93. The van der Waals surface area contributed by atoms with E-state index >= 15 is 0 Å². The molecule has 3 heterocycles. The second-order valence-corrected chi connectivity index (χ2v) is 7.37. The average molecular weight is 358 g/mol. The molecule has 1 atom stereocenters. The number of piperidine rings is 1. The third-order valence-corrected chi connectivity index (χ3v) is 5.51. The van der Waals surface area contributed by atoms with E-state index in [-0.39, 0.29) is 11.7 Å². The number of hydrogen-bond acceptors (Lipinski definition) is 6. The van der Waals surface area contributed by atoms with Crippen LogP contribution < -0.4 is 4.74 Å². The van der Waals surface area contributed by atoms with Gasteiger partial charge in [0, 0.05) is 31.6 Å². The Morgan fingerprint density at radius 3 is 2.81 bits per heavy atom. The van der Waals surface area contributed by atoms with Gasteiger partial charge in [-0.1, -0.05) is 6.07 Å². The van der Waals surface area contributed by atoms with E-state index in [1.54, 1.807) is 24.4 Å². The van der Waals surface area contributed by atoms with E-state index in [1.807, 2.05) is 6.07 Å². The van der Waals surface area contributed by atoms with E-state index in [1.165, 1.54) is 5.56 Å². The molecule has 2 aliphatic rings. The number of methoxy groups -OCH3 is 1. The SMILES string of the molecule is COc1ccc(CN2CCC3(CC2)C[C@H](O)CO3)cc1Cn1cncn1. The highest BCUT2D eigenvalue weighted by atomic mass is 16.5. The van der Waals surface area contributed by atoms with Gasteiger partial charge in [0.05, 0.1) is 32.0 Å². The van der Waals surface area contributed by atoms with Crippen molar-refractivity contribution in [2.24, 2.45) is 0 Å². The predicted molar refractivity (Wildman–Crippen MR) is 95.9 cm³/mol. The lowest BCUT2D eigenvalue weighted by Gasteiger charge is -2.38. The summed E-state index contributed by atoms with van der Waals surface area (Å²) in [6.45, 7) is 4.04. The van der Waals surface area contributed by atoms with E-state index in [0.717, 1.165) is 50.2 Å². The van der Waals surface area contributed by atoms with Crippen LogP contribution in [0, 0.1) is 0 Å². The zero-order valence-corrected chi connectivity index (χ0v) is 15.2. The lowest BCUT2D eigenvalue weighted by molar-refractivity contribution is -0.0456. The molecule has 26 heavy (non-hydrogen) atoms. The lowest BCUT2D eigenvalue weighted by Crippen LogP contribution is -2.43. The summed E-state index contributed by atoms with van der Waals surface area (Å²) >= 11 is 0. The maximum absolute atomic E-state index is 9.77. The number of aromatic nitrogens is 3. The number of likely N-dealkylation sites (tertiary alicyclic amines) is 1. The number of ether oxygens (including phenoxy) is 2. The smallest absolute Gasteiger partial charge is 0.137 e. The molecule has 7 nitrogen and oxygen atoms in total. The van der Waals surface area contributed by atoms with Crippen LogP contribution in [-0.4, -0.2) is 63.3 Å². The quantitative estimate of drug-likeness (QED) is 0.872. The van der Waals surface area contributed by atoms with Crippen molar-refractivity contribution in [2.45, 2.75) is 44.1 Å². The molecular weight excluding hydrogens is 332 g/mol. The van der Waals surface area contributed by atoms with Gasteiger partial charge >= 0.3 is 0 Å². The van der Waals surface area contributed by atoms with Crippen LogP contribution in [0.25, 0.3) is 0 Å². The van der Waals surface area contributed by atoms with E-state index in [0.29, 0.717) is 13.2 Å². The van der Waals surface area contributed by atoms with Crippen molar-refractivity contribution in [2.75, 3.05) is 26.8 Å². The third-order valence-electron chi connectivity index (χ3n) is 5.51. The van der Waals surface area contributed by atoms with Crippen molar-refractivity contribution >= 4 is 0 Å². The molecule has 0 aliphatic carbocycles. The second-order valence-electron chi connectivity index (χ2n) is 7.37. The molecule has 1 aromatic heterocycles. The van der Waals surface area contributed by atoms with Gasteiger partial charge in [0.1, 0.15) is 18.4 Å². The van der Waals surface area contributed by atoms with Gasteiger partial charge in [0.2, 0.25) is 0 Å². The van der Waals surface area contributed by atoms with Crippen molar-refractivity contribution < 1.29 is 14.6 Å². The minimum absolute atomic E-state index is 0.0892. The minimum atomic E-state index is -0.289. The molecule has 2 fully saturated rings. The summed E-state index contributed by atoms with van der Waals surface area (Å²) in [4.78, 5) is 6.46. The first kappa shape index (κ1) is 17.5. The van der Waals surface area contributed by atoms with E-state index in [4.69, 9.17) is 9.47 Å². The number of aliphatic hydroxyl groups excluding tert-OH is 1. The molecule has 2 aliphatic heterocycles. The van der Waals surface area contributed by atoms with Gasteiger partial charge in [-0.3, -0.25) is 4.90 Å². The molecule has 1 N–H and O–H groups in total. The van der Waals surface area contributed by atoms with Crippen LogP contribution in [0.1, 0.15) is 30.4 Å². The Hall–Kier alpha value is -1.96. The summed E-state index contributed by atoms with van der Waals surface area (Å²) in [6.07, 6.45) is 5.74. The zero-order chi connectivity index (χ0) is 18.0. The molecule has 4 rings (SSSR count). The summed E-state index contributed by atoms with van der Waals surface area (Å²) in [5.41, 5.74) is 2.28. The van der Waals surface area contributed by atoms with Crippen LogP contribution >= 0.6 is 0 Å². The third kappa shape index (κ3) is 3.75. The Balaban J connectivity index is 1.40. The molecule has 0 unspecified atom stereocenters. The molecular formula is C19H26N4O3. The van der Waals surface area contributed by atoms with E-state index in [9.17, 15) is 5.11 Å². The van der Waals surface area contributed by atoms with Crippen molar-refractivity contribution in [1.29, 1.82) is 0 Å². The number of benzene rings is 1. The van der Waals surface area contributed by atoms with Gasteiger partial charge in [-0.25, -0.2) is 9.67 Å². The molecule has 1 aromatic carbocycles. The second kappa shape index (κ2) is 7.34. The molecule has 7 heteroatoms. The van der Waals surface area contributed by atoms with Crippen LogP contribution in [0.2, 0.25) is 0 Å². The molecule has 1 spiro atoms. The largest absolute Gasteiger partial charge is 0.496 e. The first-order valence-electron chi connectivity index (χ1n) is 9.18. The lowest BCUT2D eigenvalue weighted by atomic mass is 9.88. The Morgan fingerprint density at radius 1 is 1.31 bits per heavy atom. The molecule has 0 bridgehead atoms. The minimum Gasteiger partial charge on any atom is -0.496 e. The number of aliphatic hydroxyl groups is 1. The fourth-order valence-corrected chi connectivity index (χ4v) is 4.09. The van der Waals surface area contributed by atoms with Crippen molar-refractivity contribution in [3.8, 4) is 5.75 Å². The monoisotopic (exact) mass is 358 g/mol. The van der Waals surface area contributed by atoms with Gasteiger partial charge < -0.3 is 14.6 Å². The topological polar surface area (TPSA) is 72.6 Å². The van der Waals surface area contributed by atoms with Crippen LogP contribution in [0.3, 0.4) is 0 Å². The van der Waals surface area contributed by atoms with Crippen LogP contribution in [0.4, 0.5) is 0 Å². The highest BCUT2D eigenvalue weighted by Gasteiger charge is 2.41. The van der Waals surface area contributed by atoms with E-state index in [2.05, 4.69) is 27.1 Å². The molecule has 2 saturated heterocycles. The van der Waals surface area contributed by atoms with Gasteiger partial charge in [-0.15, -0.1) is 0 Å². The first-order chi connectivity index (χ1) is 12.7. The Labute approximate surface area is 153 Å². The molecule has 0 saturated carbocycles. The Morgan fingerprint density at radius 2 is 2.15 bits per heavy atom. The predicted octanol–water partition coefficient (Wildman–Crippen LogP) is 1.45. The summed E-state index contributed by atoms with van der Waals surface area (Å²) in [5, 5.41) is 14.0. The van der Waals surface area contributed by atoms with Crippen molar-refractivity contribution in [3.63, 3.8) is 0 Å². The maximum atomic E-state index is 9.77. The van der Waals surface area contributed by atoms with E-state index < -0.39 is 0 Å². The van der Waals surface area contributed by atoms with Crippen LogP contribution in [-0.2, 0) is 17.8 Å². The summed E-state index contributed by atoms with van der Waals surface area (Å²) in [7, 11) is 1.69. The fourth-order valence-electron chi connectivity index (χ4n) is 4.09. The van der Waals surface area contributed by atoms with Crippen molar-refractivity contribution in [1.82, 2.24) is 19.7 Å². The fraction of sp³-hybridized carbons (Fsp3) is 0.579. The highest BCUT2D eigenvalue weighted by molar-refractivity contribution is 5.37. The average Bonchev–Trinajstić information content (AvgIpc) is 3.28. The molecule has 0 radical (unpaired) electrons. The number of nitrogens with zero attached hydrogens (tertiary/aromatic N) is 4. The summed E-state index contributed by atoms with van der Waals surface area (Å²) < 4.78 is 13.2. The first-order valence-corrected chi connectivity index (χ1v) is 9.18. The number of hydrogen-bond donors (Lipinski definition) is 1.